The zero-order valence-electron chi connectivity index (χ0n) is 8.60. The van der Waals surface area contributed by atoms with Gasteiger partial charge in [0.05, 0.1) is 8.07 Å². The van der Waals surface area contributed by atoms with Crippen molar-refractivity contribution in [2.75, 3.05) is 0 Å². The van der Waals surface area contributed by atoms with Crippen molar-refractivity contribution in [1.82, 2.24) is 0 Å². The molecular formula is C11H13FSSi. The van der Waals surface area contributed by atoms with Gasteiger partial charge in [-0.3, -0.25) is 0 Å². The van der Waals surface area contributed by atoms with E-state index in [2.05, 4.69) is 25.7 Å². The molecule has 2 rings (SSSR count). The topological polar surface area (TPSA) is 0 Å². The van der Waals surface area contributed by atoms with E-state index in [1.165, 1.54) is 16.0 Å². The first-order valence-corrected chi connectivity index (χ1v) is 8.98. The molecule has 0 nitrogen and oxygen atoms in total. The SMILES string of the molecule is C[Si](C)(C)c1cc2ccc(F)cc2s1. The molecule has 74 valence electrons. The molecule has 1 heterocycles. The molecule has 0 fully saturated rings. The van der Waals surface area contributed by atoms with E-state index in [-0.39, 0.29) is 5.82 Å². The smallest absolute Gasteiger partial charge is 0.124 e. The Balaban J connectivity index is 2.63. The van der Waals surface area contributed by atoms with Gasteiger partial charge in [-0.25, -0.2) is 4.39 Å². The predicted octanol–water partition coefficient (Wildman–Crippen LogP) is 3.59. The lowest BCUT2D eigenvalue weighted by molar-refractivity contribution is 0.630. The van der Waals surface area contributed by atoms with Crippen LogP contribution in [0.4, 0.5) is 4.39 Å². The zero-order valence-corrected chi connectivity index (χ0v) is 10.4. The molecule has 0 saturated heterocycles. The summed E-state index contributed by atoms with van der Waals surface area (Å²) >= 11 is 1.74. The molecular weight excluding hydrogens is 211 g/mol. The summed E-state index contributed by atoms with van der Waals surface area (Å²) in [7, 11) is -1.24. The van der Waals surface area contributed by atoms with Crippen LogP contribution >= 0.6 is 11.3 Å². The van der Waals surface area contributed by atoms with Crippen molar-refractivity contribution in [3.63, 3.8) is 0 Å². The van der Waals surface area contributed by atoms with Crippen molar-refractivity contribution in [3.05, 3.63) is 30.1 Å². The first-order valence-electron chi connectivity index (χ1n) is 4.66. The lowest BCUT2D eigenvalue weighted by atomic mass is 10.3. The highest BCUT2D eigenvalue weighted by atomic mass is 32.1. The predicted molar refractivity (Wildman–Crippen MR) is 64.8 cm³/mol. The van der Waals surface area contributed by atoms with Crippen LogP contribution in [0.1, 0.15) is 0 Å². The lowest BCUT2D eigenvalue weighted by Crippen LogP contribution is -2.34. The normalized spacial score (nSPS) is 12.3. The number of benzene rings is 1. The van der Waals surface area contributed by atoms with Crippen molar-refractivity contribution >= 4 is 34.0 Å². The van der Waals surface area contributed by atoms with Gasteiger partial charge in [-0.05, 0) is 28.1 Å². The standard InChI is InChI=1S/C11H13FSSi/c1-14(2,3)11-6-8-4-5-9(12)7-10(8)13-11/h4-7H,1-3H3. The second-order valence-corrected chi connectivity index (χ2v) is 11.0. The molecule has 0 aliphatic rings. The zero-order chi connectivity index (χ0) is 10.3. The minimum atomic E-state index is -1.24. The molecule has 0 spiro atoms. The van der Waals surface area contributed by atoms with Crippen molar-refractivity contribution in [1.29, 1.82) is 0 Å². The molecule has 0 bridgehead atoms. The van der Waals surface area contributed by atoms with Gasteiger partial charge in [0.2, 0.25) is 0 Å². The van der Waals surface area contributed by atoms with Gasteiger partial charge in [-0.15, -0.1) is 11.3 Å². The van der Waals surface area contributed by atoms with Crippen LogP contribution in [0.15, 0.2) is 24.3 Å². The molecule has 1 aromatic heterocycles. The van der Waals surface area contributed by atoms with Gasteiger partial charge < -0.3 is 0 Å². The molecule has 3 heteroatoms. The summed E-state index contributed by atoms with van der Waals surface area (Å²) in [6.07, 6.45) is 0. The average Bonchev–Trinajstić information content (AvgIpc) is 2.45. The van der Waals surface area contributed by atoms with Gasteiger partial charge in [0.15, 0.2) is 0 Å². The highest BCUT2D eigenvalue weighted by Gasteiger charge is 2.19. The van der Waals surface area contributed by atoms with Crippen LogP contribution in [0, 0.1) is 5.82 Å². The van der Waals surface area contributed by atoms with Gasteiger partial charge >= 0.3 is 0 Å². The molecule has 0 radical (unpaired) electrons. The van der Waals surface area contributed by atoms with Crippen molar-refractivity contribution in [3.8, 4) is 0 Å². The molecule has 0 amide bonds. The summed E-state index contributed by atoms with van der Waals surface area (Å²) in [4.78, 5) is 0. The van der Waals surface area contributed by atoms with E-state index in [1.54, 1.807) is 17.4 Å². The molecule has 0 atom stereocenters. The van der Waals surface area contributed by atoms with Gasteiger partial charge in [0.1, 0.15) is 5.82 Å². The fraction of sp³-hybridized carbons (Fsp3) is 0.273. The maximum absolute atomic E-state index is 13.0. The third-order valence-corrected chi connectivity index (χ3v) is 6.90. The first-order chi connectivity index (χ1) is 6.47. The average molecular weight is 224 g/mol. The summed E-state index contributed by atoms with van der Waals surface area (Å²) in [5.74, 6) is -0.138. The van der Waals surface area contributed by atoms with Crippen molar-refractivity contribution < 1.29 is 4.39 Å². The van der Waals surface area contributed by atoms with Crippen LogP contribution in [0.25, 0.3) is 10.1 Å². The van der Waals surface area contributed by atoms with Crippen LogP contribution in [0.5, 0.6) is 0 Å². The van der Waals surface area contributed by atoms with Crippen molar-refractivity contribution in [2.24, 2.45) is 0 Å². The minimum Gasteiger partial charge on any atom is -0.207 e. The number of hydrogen-bond donors (Lipinski definition) is 0. The molecule has 1 aromatic carbocycles. The van der Waals surface area contributed by atoms with E-state index in [4.69, 9.17) is 0 Å². The second kappa shape index (κ2) is 3.17. The van der Waals surface area contributed by atoms with E-state index in [0.717, 1.165) is 4.70 Å². The number of thiophene rings is 1. The summed E-state index contributed by atoms with van der Waals surface area (Å²) in [5.41, 5.74) is 0. The molecule has 2 aromatic rings. The molecule has 0 aliphatic heterocycles. The van der Waals surface area contributed by atoms with Crippen LogP contribution in [-0.4, -0.2) is 8.07 Å². The quantitative estimate of drug-likeness (QED) is 0.649. The van der Waals surface area contributed by atoms with Crippen LogP contribution in [-0.2, 0) is 0 Å². The van der Waals surface area contributed by atoms with E-state index in [9.17, 15) is 4.39 Å². The summed E-state index contributed by atoms with van der Waals surface area (Å²) in [5, 5.41) is 1.17. The molecule has 0 unspecified atom stereocenters. The number of hydrogen-bond acceptors (Lipinski definition) is 1. The first kappa shape index (κ1) is 9.87. The maximum atomic E-state index is 13.0. The summed E-state index contributed by atoms with van der Waals surface area (Å²) in [6, 6.07) is 7.24. The highest BCUT2D eigenvalue weighted by molar-refractivity contribution is 7.31. The Labute approximate surface area is 88.4 Å². The summed E-state index contributed by atoms with van der Waals surface area (Å²) in [6.45, 7) is 6.94. The molecule has 0 aliphatic carbocycles. The van der Waals surface area contributed by atoms with Crippen LogP contribution in [0.2, 0.25) is 19.6 Å². The Morgan fingerprint density at radius 2 is 1.86 bits per heavy atom. The van der Waals surface area contributed by atoms with E-state index in [0.29, 0.717) is 0 Å². The van der Waals surface area contributed by atoms with Crippen molar-refractivity contribution in [2.45, 2.75) is 19.6 Å². The fourth-order valence-corrected chi connectivity index (χ4v) is 4.36. The third kappa shape index (κ3) is 1.74. The Bertz CT molecular complexity index is 468. The molecule has 14 heavy (non-hydrogen) atoms. The summed E-state index contributed by atoms with van der Waals surface area (Å²) < 4.78 is 15.5. The minimum absolute atomic E-state index is 0.138. The monoisotopic (exact) mass is 224 g/mol. The molecule has 0 N–H and O–H groups in total. The van der Waals surface area contributed by atoms with Gasteiger partial charge in [0, 0.05) is 4.70 Å². The Kier molecular flexibility index (Phi) is 2.24. The van der Waals surface area contributed by atoms with Gasteiger partial charge in [-0.2, -0.15) is 0 Å². The van der Waals surface area contributed by atoms with E-state index < -0.39 is 8.07 Å². The number of halogens is 1. The highest BCUT2D eigenvalue weighted by Crippen LogP contribution is 2.22. The number of rotatable bonds is 1. The lowest BCUT2D eigenvalue weighted by Gasteiger charge is -2.11. The van der Waals surface area contributed by atoms with Gasteiger partial charge in [0.25, 0.3) is 0 Å². The largest absolute Gasteiger partial charge is 0.207 e. The number of fused-ring (bicyclic) bond motifs is 1. The third-order valence-electron chi connectivity index (χ3n) is 2.22. The van der Waals surface area contributed by atoms with E-state index >= 15 is 0 Å². The fourth-order valence-electron chi connectivity index (χ4n) is 1.37. The molecule has 0 saturated carbocycles. The Hall–Kier alpha value is -0.673. The van der Waals surface area contributed by atoms with Crippen LogP contribution in [0.3, 0.4) is 0 Å². The van der Waals surface area contributed by atoms with E-state index in [1.807, 2.05) is 6.07 Å². The van der Waals surface area contributed by atoms with Gasteiger partial charge in [-0.1, -0.05) is 25.7 Å². The second-order valence-electron chi connectivity index (χ2n) is 4.54. The Morgan fingerprint density at radius 1 is 1.14 bits per heavy atom. The van der Waals surface area contributed by atoms with Crippen LogP contribution < -0.4 is 4.50 Å². The maximum Gasteiger partial charge on any atom is 0.124 e. The Morgan fingerprint density at radius 3 is 2.50 bits per heavy atom.